The average molecular weight is 490 g/mol. The Labute approximate surface area is 194 Å². The van der Waals surface area contributed by atoms with Crippen LogP contribution in [-0.4, -0.2) is 80.0 Å². The quantitative estimate of drug-likeness (QED) is 0.329. The van der Waals surface area contributed by atoms with E-state index in [1.165, 1.54) is 29.5 Å². The highest BCUT2D eigenvalue weighted by Gasteiger charge is 2.48. The molecule has 0 spiro atoms. The lowest BCUT2D eigenvalue weighted by Crippen LogP contribution is -2.53. The molecule has 12 nitrogen and oxygen atoms in total. The number of halogens is 3. The van der Waals surface area contributed by atoms with Gasteiger partial charge in [0.25, 0.3) is 0 Å². The highest BCUT2D eigenvalue weighted by Crippen LogP contribution is 2.38. The molecule has 1 fully saturated rings. The molecule has 1 aromatic carbocycles. The van der Waals surface area contributed by atoms with Gasteiger partial charge in [0.05, 0.1) is 12.8 Å². The molecule has 0 saturated carbocycles. The van der Waals surface area contributed by atoms with E-state index in [-0.39, 0.29) is 23.0 Å². The molecule has 0 radical (unpaired) electrons. The lowest BCUT2D eigenvalue weighted by Gasteiger charge is -2.41. The molecule has 0 amide bonds. The summed E-state index contributed by atoms with van der Waals surface area (Å²) in [6, 6.07) is 1.86. The van der Waals surface area contributed by atoms with E-state index in [0.717, 1.165) is 16.8 Å². The minimum Gasteiger partial charge on any atom is -0.394 e. The molecule has 0 aliphatic carbocycles. The van der Waals surface area contributed by atoms with Crippen molar-refractivity contribution in [3.05, 3.63) is 66.4 Å². The Bertz CT molecular complexity index is 1310. The van der Waals surface area contributed by atoms with Crippen molar-refractivity contribution >= 4 is 0 Å². The van der Waals surface area contributed by atoms with Gasteiger partial charge in [-0.3, -0.25) is 4.57 Å². The maximum absolute atomic E-state index is 13.7. The predicted octanol–water partition coefficient (Wildman–Crippen LogP) is 0.128. The zero-order valence-corrected chi connectivity index (χ0v) is 17.6. The van der Waals surface area contributed by atoms with Crippen LogP contribution in [0, 0.1) is 17.5 Å². The Balaban J connectivity index is 1.51. The fourth-order valence-corrected chi connectivity index (χ4v) is 3.89. The number of hydrogen-bond acceptors (Lipinski definition) is 10. The van der Waals surface area contributed by atoms with Crippen molar-refractivity contribution in [3.8, 4) is 17.2 Å². The van der Waals surface area contributed by atoms with Gasteiger partial charge < -0.3 is 20.1 Å². The predicted molar refractivity (Wildman–Crippen MR) is 108 cm³/mol. The second kappa shape index (κ2) is 9.10. The highest BCUT2D eigenvalue weighted by molar-refractivity contribution is 5.57. The minimum atomic E-state index is -1.63. The van der Waals surface area contributed by atoms with Gasteiger partial charge in [0.2, 0.25) is 5.95 Å². The fraction of sp³-hybridized carbons (Fsp3) is 0.300. The molecular formula is C20H17F3N8O4. The molecule has 3 N–H and O–H groups in total. The molecular weight excluding hydrogens is 473 g/mol. The van der Waals surface area contributed by atoms with Crippen molar-refractivity contribution in [1.29, 1.82) is 0 Å². The summed E-state index contributed by atoms with van der Waals surface area (Å²) in [4.78, 5) is 8.22. The Morgan fingerprint density at radius 2 is 1.71 bits per heavy atom. The van der Waals surface area contributed by atoms with E-state index >= 15 is 0 Å². The molecule has 4 heterocycles. The minimum absolute atomic E-state index is 0.0494. The second-order valence-corrected chi connectivity index (χ2v) is 7.70. The van der Waals surface area contributed by atoms with Crippen LogP contribution in [0.15, 0.2) is 43.1 Å². The van der Waals surface area contributed by atoms with Gasteiger partial charge in [-0.1, -0.05) is 5.21 Å². The van der Waals surface area contributed by atoms with Crippen LogP contribution >= 0.6 is 0 Å². The van der Waals surface area contributed by atoms with Crippen LogP contribution in [0.4, 0.5) is 13.2 Å². The number of rotatable bonds is 5. The zero-order valence-electron chi connectivity index (χ0n) is 17.6. The van der Waals surface area contributed by atoms with Crippen LogP contribution in [0.25, 0.3) is 17.2 Å². The molecule has 182 valence electrons. The average Bonchev–Trinajstić information content (AvgIpc) is 3.54. The maximum Gasteiger partial charge on any atom is 0.236 e. The molecule has 35 heavy (non-hydrogen) atoms. The van der Waals surface area contributed by atoms with E-state index in [9.17, 15) is 28.5 Å². The summed E-state index contributed by atoms with van der Waals surface area (Å²) in [5, 5.41) is 47.2. The van der Waals surface area contributed by atoms with E-state index in [1.807, 2.05) is 0 Å². The molecule has 1 saturated heterocycles. The highest BCUT2D eigenvalue weighted by atomic mass is 19.2. The summed E-state index contributed by atoms with van der Waals surface area (Å²) in [5.41, 5.74) is -0.161. The van der Waals surface area contributed by atoms with Crippen LogP contribution in [0.2, 0.25) is 0 Å². The number of aromatic nitrogens is 8. The van der Waals surface area contributed by atoms with Crippen LogP contribution in [-0.2, 0) is 4.74 Å². The third-order valence-corrected chi connectivity index (χ3v) is 5.58. The second-order valence-electron chi connectivity index (χ2n) is 7.70. The monoisotopic (exact) mass is 490 g/mol. The van der Waals surface area contributed by atoms with E-state index < -0.39 is 54.5 Å². The third kappa shape index (κ3) is 4.03. The van der Waals surface area contributed by atoms with Crippen molar-refractivity contribution in [2.75, 3.05) is 6.61 Å². The summed E-state index contributed by atoms with van der Waals surface area (Å²) in [7, 11) is 0. The van der Waals surface area contributed by atoms with Gasteiger partial charge in [-0.15, -0.1) is 15.3 Å². The van der Waals surface area contributed by atoms with Gasteiger partial charge in [-0.2, -0.15) is 0 Å². The molecule has 0 unspecified atom stereocenters. The Morgan fingerprint density at radius 3 is 2.40 bits per heavy atom. The summed E-state index contributed by atoms with van der Waals surface area (Å²) in [5.74, 6) is -4.18. The maximum atomic E-state index is 13.7. The standard InChI is InChI=1S/C20H17F3N8O4/c21-10-4-9(5-11(22)14(10)23)12-6-31(29-27-12)15-16(33)13(7-32)35-18(17(15)34)19-28-26-8-30(19)20-24-2-1-3-25-20/h1-6,8,13,15-18,32-34H,7H2/t13-,15+,16+,17-,18-/m1/s1. The van der Waals surface area contributed by atoms with E-state index in [2.05, 4.69) is 30.5 Å². The Kier molecular flexibility index (Phi) is 5.98. The smallest absolute Gasteiger partial charge is 0.236 e. The van der Waals surface area contributed by atoms with Crippen molar-refractivity contribution in [2.24, 2.45) is 0 Å². The Hall–Kier alpha value is -3.79. The van der Waals surface area contributed by atoms with Crippen LogP contribution in [0.3, 0.4) is 0 Å². The van der Waals surface area contributed by atoms with Gasteiger partial charge in [0.15, 0.2) is 23.3 Å². The van der Waals surface area contributed by atoms with E-state index in [0.29, 0.717) is 0 Å². The van der Waals surface area contributed by atoms with E-state index in [1.54, 1.807) is 6.07 Å². The van der Waals surface area contributed by atoms with Crippen molar-refractivity contribution in [3.63, 3.8) is 0 Å². The first kappa shape index (κ1) is 23.0. The SMILES string of the molecule is OC[C@H]1O[C@@H](c2nncn2-c2ncccn2)[C@H](O)[C@@H](n2cc(-c3cc(F)c(F)c(F)c3)nn2)[C@H]1O. The normalized spacial score (nSPS) is 24.6. The largest absolute Gasteiger partial charge is 0.394 e. The lowest BCUT2D eigenvalue weighted by atomic mass is 9.92. The van der Waals surface area contributed by atoms with Crippen LogP contribution in [0.1, 0.15) is 18.0 Å². The lowest BCUT2D eigenvalue weighted by molar-refractivity contribution is -0.210. The third-order valence-electron chi connectivity index (χ3n) is 5.58. The number of benzene rings is 1. The number of nitrogens with zero attached hydrogens (tertiary/aromatic N) is 8. The number of aliphatic hydroxyl groups excluding tert-OH is 3. The van der Waals surface area contributed by atoms with E-state index in [4.69, 9.17) is 4.74 Å². The molecule has 15 heteroatoms. The van der Waals surface area contributed by atoms with Gasteiger partial charge >= 0.3 is 0 Å². The van der Waals surface area contributed by atoms with Gasteiger partial charge in [0, 0.05) is 18.0 Å². The number of hydrogen-bond donors (Lipinski definition) is 3. The topological polar surface area (TPSA) is 157 Å². The molecule has 3 aromatic heterocycles. The molecule has 1 aliphatic heterocycles. The fourth-order valence-electron chi connectivity index (χ4n) is 3.89. The van der Waals surface area contributed by atoms with Crippen LogP contribution in [0.5, 0.6) is 0 Å². The van der Waals surface area contributed by atoms with Crippen molar-refractivity contribution < 1.29 is 33.2 Å². The van der Waals surface area contributed by atoms with Gasteiger partial charge in [-0.05, 0) is 18.2 Å². The first-order chi connectivity index (χ1) is 16.9. The van der Waals surface area contributed by atoms with Gasteiger partial charge in [0.1, 0.15) is 42.5 Å². The molecule has 1 aliphatic rings. The summed E-state index contributed by atoms with van der Waals surface area (Å²) >= 11 is 0. The molecule has 0 bridgehead atoms. The van der Waals surface area contributed by atoms with Crippen molar-refractivity contribution in [1.82, 2.24) is 39.7 Å². The molecule has 5 atom stereocenters. The first-order valence-electron chi connectivity index (χ1n) is 10.3. The Morgan fingerprint density at radius 1 is 1.00 bits per heavy atom. The zero-order chi connectivity index (χ0) is 24.7. The van der Waals surface area contributed by atoms with Crippen LogP contribution < -0.4 is 0 Å². The summed E-state index contributed by atoms with van der Waals surface area (Å²) in [6.07, 6.45) is 0.133. The molecule has 5 rings (SSSR count). The summed E-state index contributed by atoms with van der Waals surface area (Å²) in [6.45, 7) is -0.618. The molecule has 4 aromatic rings. The summed E-state index contributed by atoms with van der Waals surface area (Å²) < 4.78 is 48.8. The number of ether oxygens (including phenoxy) is 1. The van der Waals surface area contributed by atoms with Gasteiger partial charge in [-0.25, -0.2) is 27.8 Å². The number of aliphatic hydroxyl groups is 3. The first-order valence-corrected chi connectivity index (χ1v) is 10.3. The van der Waals surface area contributed by atoms with Crippen molar-refractivity contribution in [2.45, 2.75) is 30.5 Å².